The highest BCUT2D eigenvalue weighted by Crippen LogP contribution is 2.48. The molecule has 2 N–H and O–H groups in total. The molecule has 0 bridgehead atoms. The Hall–Kier alpha value is -4.53. The van der Waals surface area contributed by atoms with Crippen LogP contribution in [0.2, 0.25) is 0 Å². The summed E-state index contributed by atoms with van der Waals surface area (Å²) in [5.74, 6) is 2.45. The van der Waals surface area contributed by atoms with E-state index in [-0.39, 0.29) is 17.9 Å². The number of hydrogen-bond acceptors (Lipinski definition) is 6. The lowest BCUT2D eigenvalue weighted by Crippen LogP contribution is -2.31. The van der Waals surface area contributed by atoms with Crippen molar-refractivity contribution in [3.63, 3.8) is 0 Å². The van der Waals surface area contributed by atoms with Gasteiger partial charge in [0.1, 0.15) is 30.5 Å². The van der Waals surface area contributed by atoms with Crippen LogP contribution in [-0.2, 0) is 0 Å². The molecule has 4 aromatic rings. The van der Waals surface area contributed by atoms with Crippen molar-refractivity contribution < 1.29 is 28.1 Å². The van der Waals surface area contributed by atoms with Gasteiger partial charge in [-0.1, -0.05) is 12.1 Å². The van der Waals surface area contributed by atoms with E-state index < -0.39 is 0 Å². The van der Waals surface area contributed by atoms with Crippen LogP contribution in [0.4, 0.5) is 14.9 Å². The van der Waals surface area contributed by atoms with Gasteiger partial charge in [0.15, 0.2) is 11.5 Å². The number of nitrogens with zero attached hydrogens (tertiary/aromatic N) is 1. The van der Waals surface area contributed by atoms with Gasteiger partial charge in [-0.2, -0.15) is 0 Å². The van der Waals surface area contributed by atoms with Crippen LogP contribution in [0.25, 0.3) is 10.9 Å². The fourth-order valence-corrected chi connectivity index (χ4v) is 4.17. The summed E-state index contributed by atoms with van der Waals surface area (Å²) in [7, 11) is 1.57. The second-order valence-corrected chi connectivity index (χ2v) is 8.59. The predicted molar refractivity (Wildman–Crippen MR) is 138 cm³/mol. The number of benzene rings is 3. The third kappa shape index (κ3) is 5.06. The summed E-state index contributed by atoms with van der Waals surface area (Å²) in [5.41, 5.74) is 2.87. The largest absolute Gasteiger partial charge is 0.493 e. The van der Waals surface area contributed by atoms with Crippen molar-refractivity contribution in [2.45, 2.75) is 19.9 Å². The first-order chi connectivity index (χ1) is 17.9. The van der Waals surface area contributed by atoms with Crippen molar-refractivity contribution in [3.8, 4) is 28.7 Å². The number of ether oxygens (including phenoxy) is 4. The Labute approximate surface area is 213 Å². The quantitative estimate of drug-likeness (QED) is 0.329. The number of rotatable bonds is 6. The van der Waals surface area contributed by atoms with Gasteiger partial charge in [-0.05, 0) is 61.4 Å². The first-order valence-electron chi connectivity index (χ1n) is 11.8. The van der Waals surface area contributed by atoms with Crippen molar-refractivity contribution in [1.82, 2.24) is 10.3 Å². The van der Waals surface area contributed by atoms with Gasteiger partial charge in [-0.25, -0.2) is 9.18 Å². The molecule has 9 heteroatoms. The van der Waals surface area contributed by atoms with Crippen molar-refractivity contribution in [1.29, 1.82) is 0 Å². The summed E-state index contributed by atoms with van der Waals surface area (Å²) in [6.07, 6.45) is 1.66. The lowest BCUT2D eigenvalue weighted by atomic mass is 10.1. The standard InChI is InChI=1S/C28H26FN3O5/c1-16-14-20(32-28(33)31-17(2)18-4-6-19(29)7-5-18)8-9-22(16)37-23-10-11-30-21-15-24(34-3)26-27(25(21)23)36-13-12-35-26/h4-11,14-15,17H,12-13H2,1-3H3,(H2,31,32,33)/t17-/m0/s1. The number of methoxy groups -OCH3 is 1. The Kier molecular flexibility index (Phi) is 6.68. The van der Waals surface area contributed by atoms with E-state index in [1.165, 1.54) is 12.1 Å². The Morgan fingerprint density at radius 1 is 1.00 bits per heavy atom. The van der Waals surface area contributed by atoms with Gasteiger partial charge in [0.25, 0.3) is 0 Å². The minimum Gasteiger partial charge on any atom is -0.493 e. The van der Waals surface area contributed by atoms with E-state index in [9.17, 15) is 9.18 Å². The first kappa shape index (κ1) is 24.2. The maximum Gasteiger partial charge on any atom is 0.319 e. The number of fused-ring (bicyclic) bond motifs is 3. The maximum atomic E-state index is 13.2. The zero-order valence-corrected chi connectivity index (χ0v) is 20.6. The molecule has 0 fully saturated rings. The molecule has 37 heavy (non-hydrogen) atoms. The van der Waals surface area contributed by atoms with Gasteiger partial charge in [0.05, 0.1) is 24.1 Å². The highest BCUT2D eigenvalue weighted by Gasteiger charge is 2.24. The number of nitrogens with one attached hydrogen (secondary N) is 2. The third-order valence-electron chi connectivity index (χ3n) is 6.03. The number of pyridine rings is 1. The number of halogens is 1. The van der Waals surface area contributed by atoms with Crippen LogP contribution in [-0.4, -0.2) is 31.3 Å². The van der Waals surface area contributed by atoms with Crippen molar-refractivity contribution >= 4 is 22.6 Å². The topological polar surface area (TPSA) is 90.9 Å². The fraction of sp³-hybridized carbons (Fsp3) is 0.214. The zero-order valence-electron chi connectivity index (χ0n) is 20.6. The van der Waals surface area contributed by atoms with Gasteiger partial charge in [0, 0.05) is 18.0 Å². The molecule has 1 aliphatic heterocycles. The number of carbonyl (C=O) groups is 1. The number of aryl methyl sites for hydroxylation is 1. The summed E-state index contributed by atoms with van der Waals surface area (Å²) >= 11 is 0. The molecule has 0 aliphatic carbocycles. The lowest BCUT2D eigenvalue weighted by molar-refractivity contribution is 0.167. The van der Waals surface area contributed by atoms with Crippen LogP contribution in [0.3, 0.4) is 0 Å². The monoisotopic (exact) mass is 503 g/mol. The number of aromatic nitrogens is 1. The molecular weight excluding hydrogens is 477 g/mol. The van der Waals surface area contributed by atoms with E-state index in [4.69, 9.17) is 18.9 Å². The fourth-order valence-electron chi connectivity index (χ4n) is 4.17. The van der Waals surface area contributed by atoms with Gasteiger partial charge in [-0.3, -0.25) is 4.98 Å². The molecule has 0 saturated heterocycles. The highest BCUT2D eigenvalue weighted by atomic mass is 19.1. The molecule has 1 aliphatic rings. The molecule has 0 unspecified atom stereocenters. The molecule has 1 aromatic heterocycles. The Morgan fingerprint density at radius 3 is 2.49 bits per heavy atom. The number of carbonyl (C=O) groups excluding carboxylic acids is 1. The van der Waals surface area contributed by atoms with Gasteiger partial charge in [-0.15, -0.1) is 0 Å². The molecule has 5 rings (SSSR count). The second kappa shape index (κ2) is 10.2. The summed E-state index contributed by atoms with van der Waals surface area (Å²) < 4.78 is 36.6. The number of hydrogen-bond donors (Lipinski definition) is 2. The van der Waals surface area contributed by atoms with Crippen molar-refractivity contribution in [2.24, 2.45) is 0 Å². The van der Waals surface area contributed by atoms with Crippen LogP contribution in [0.15, 0.2) is 60.8 Å². The van der Waals surface area contributed by atoms with Gasteiger partial charge < -0.3 is 29.6 Å². The molecule has 0 radical (unpaired) electrons. The molecule has 0 saturated carbocycles. The molecule has 2 amide bonds. The minimum absolute atomic E-state index is 0.292. The first-order valence-corrected chi connectivity index (χ1v) is 11.8. The summed E-state index contributed by atoms with van der Waals surface area (Å²) in [4.78, 5) is 17.0. The second-order valence-electron chi connectivity index (χ2n) is 8.59. The van der Waals surface area contributed by atoms with E-state index in [2.05, 4.69) is 15.6 Å². The van der Waals surface area contributed by atoms with Gasteiger partial charge >= 0.3 is 6.03 Å². The Bertz CT molecular complexity index is 1460. The minimum atomic E-state index is -0.372. The van der Waals surface area contributed by atoms with E-state index >= 15 is 0 Å². The van der Waals surface area contributed by atoms with Crippen LogP contribution >= 0.6 is 0 Å². The third-order valence-corrected chi connectivity index (χ3v) is 6.03. The smallest absolute Gasteiger partial charge is 0.319 e. The van der Waals surface area contributed by atoms with Gasteiger partial charge in [0.2, 0.25) is 5.75 Å². The van der Waals surface area contributed by atoms with Crippen LogP contribution in [0.1, 0.15) is 24.1 Å². The van der Waals surface area contributed by atoms with Crippen LogP contribution < -0.4 is 29.6 Å². The SMILES string of the molecule is COc1cc2nccc(Oc3ccc(NC(=O)N[C@@H](C)c4ccc(F)cc4)cc3C)c2c2c1OCCO2. The molecule has 1 atom stereocenters. The average molecular weight is 504 g/mol. The van der Waals surface area contributed by atoms with Crippen molar-refractivity contribution in [3.05, 3.63) is 77.7 Å². The highest BCUT2D eigenvalue weighted by molar-refractivity contribution is 5.95. The maximum absolute atomic E-state index is 13.2. The van der Waals surface area contributed by atoms with Crippen LogP contribution in [0, 0.1) is 12.7 Å². The zero-order chi connectivity index (χ0) is 25.9. The van der Waals surface area contributed by atoms with E-state index in [0.717, 1.165) is 11.1 Å². The number of amides is 2. The summed E-state index contributed by atoms with van der Waals surface area (Å²) in [5, 5.41) is 6.37. The molecule has 2 heterocycles. The average Bonchev–Trinajstić information content (AvgIpc) is 2.90. The number of urea groups is 1. The Balaban J connectivity index is 1.34. The van der Waals surface area contributed by atoms with E-state index in [1.54, 1.807) is 49.7 Å². The predicted octanol–water partition coefficient (Wildman–Crippen LogP) is 6.14. The van der Waals surface area contributed by atoms with Crippen LogP contribution in [0.5, 0.6) is 28.7 Å². The normalized spacial score (nSPS) is 13.1. The van der Waals surface area contributed by atoms with E-state index in [0.29, 0.717) is 58.6 Å². The molecule has 8 nitrogen and oxygen atoms in total. The molecule has 3 aromatic carbocycles. The summed E-state index contributed by atoms with van der Waals surface area (Å²) in [6, 6.07) is 14.3. The number of anilines is 1. The van der Waals surface area contributed by atoms with E-state index in [1.807, 2.05) is 19.9 Å². The lowest BCUT2D eigenvalue weighted by Gasteiger charge is -2.23. The van der Waals surface area contributed by atoms with Crippen molar-refractivity contribution in [2.75, 3.05) is 25.6 Å². The summed E-state index contributed by atoms with van der Waals surface area (Å²) in [6.45, 7) is 4.55. The Morgan fingerprint density at radius 2 is 1.76 bits per heavy atom. The molecule has 0 spiro atoms. The molecular formula is C28H26FN3O5. The molecule has 190 valence electrons.